The van der Waals surface area contributed by atoms with Crippen LogP contribution in [0.2, 0.25) is 0 Å². The maximum Gasteiger partial charge on any atom is 0.180 e. The third-order valence-electron chi connectivity index (χ3n) is 3.70. The van der Waals surface area contributed by atoms with Crippen molar-refractivity contribution in [2.24, 2.45) is 0 Å². The summed E-state index contributed by atoms with van der Waals surface area (Å²) >= 11 is 0. The monoisotopic (exact) mass is 257 g/mol. The normalized spacial score (nSPS) is 14.2. The molecule has 5 heteroatoms. The smallest absolute Gasteiger partial charge is 0.180 e. The van der Waals surface area contributed by atoms with Gasteiger partial charge in [0.1, 0.15) is 11.5 Å². The van der Waals surface area contributed by atoms with E-state index in [0.717, 1.165) is 36.7 Å². The lowest BCUT2D eigenvalue weighted by Gasteiger charge is -2.19. The van der Waals surface area contributed by atoms with E-state index < -0.39 is 0 Å². The highest BCUT2D eigenvalue weighted by Gasteiger charge is 2.18. The fourth-order valence-electron chi connectivity index (χ4n) is 2.67. The minimum atomic E-state index is 0.782. The molecule has 3 rings (SSSR count). The molecule has 0 bridgehead atoms. The Kier molecular flexibility index (Phi) is 3.19. The first-order chi connectivity index (χ1) is 9.33. The molecule has 0 amide bonds. The summed E-state index contributed by atoms with van der Waals surface area (Å²) in [5.41, 5.74) is 3.48. The van der Waals surface area contributed by atoms with E-state index in [1.807, 2.05) is 19.6 Å². The quantitative estimate of drug-likeness (QED) is 0.916. The fraction of sp³-hybridized carbons (Fsp3) is 0.500. The van der Waals surface area contributed by atoms with Gasteiger partial charge in [-0.15, -0.1) is 0 Å². The van der Waals surface area contributed by atoms with Gasteiger partial charge in [-0.25, -0.2) is 15.0 Å². The Morgan fingerprint density at radius 1 is 1.26 bits per heavy atom. The number of rotatable bonds is 3. The van der Waals surface area contributed by atoms with E-state index in [1.165, 1.54) is 24.1 Å². The average Bonchev–Trinajstić information content (AvgIpc) is 2.94. The van der Waals surface area contributed by atoms with Crippen molar-refractivity contribution in [2.45, 2.75) is 39.2 Å². The van der Waals surface area contributed by atoms with Gasteiger partial charge in [0.15, 0.2) is 5.82 Å². The van der Waals surface area contributed by atoms with Crippen LogP contribution in [0, 0.1) is 0 Å². The van der Waals surface area contributed by atoms with Gasteiger partial charge in [0, 0.05) is 24.8 Å². The second-order valence-electron chi connectivity index (χ2n) is 4.84. The van der Waals surface area contributed by atoms with Crippen LogP contribution in [-0.4, -0.2) is 26.6 Å². The van der Waals surface area contributed by atoms with E-state index in [-0.39, 0.29) is 0 Å². The molecule has 0 radical (unpaired) electrons. The lowest BCUT2D eigenvalue weighted by molar-refractivity contribution is 0.663. The van der Waals surface area contributed by atoms with Gasteiger partial charge in [-0.3, -0.25) is 0 Å². The summed E-state index contributed by atoms with van der Waals surface area (Å²) in [5.74, 6) is 1.76. The Morgan fingerprint density at radius 3 is 2.89 bits per heavy atom. The van der Waals surface area contributed by atoms with Gasteiger partial charge < -0.3 is 9.88 Å². The number of imidazole rings is 1. The SMILES string of the molecule is CCn1cncc1-c1nc2c(c(NC)n1)CCCC2. The Bertz CT molecular complexity index is 570. The van der Waals surface area contributed by atoms with Crippen molar-refractivity contribution >= 4 is 5.82 Å². The van der Waals surface area contributed by atoms with E-state index in [2.05, 4.69) is 26.8 Å². The van der Waals surface area contributed by atoms with Gasteiger partial charge >= 0.3 is 0 Å². The van der Waals surface area contributed by atoms with Crippen LogP contribution >= 0.6 is 0 Å². The summed E-state index contributed by atoms with van der Waals surface area (Å²) in [6, 6.07) is 0. The minimum absolute atomic E-state index is 0.782. The molecular weight excluding hydrogens is 238 g/mol. The highest BCUT2D eigenvalue weighted by atomic mass is 15.1. The molecule has 0 saturated carbocycles. The molecule has 1 N–H and O–H groups in total. The largest absolute Gasteiger partial charge is 0.373 e. The molecular formula is C14H19N5. The van der Waals surface area contributed by atoms with Gasteiger partial charge in [-0.2, -0.15) is 0 Å². The van der Waals surface area contributed by atoms with Gasteiger partial charge in [0.2, 0.25) is 0 Å². The van der Waals surface area contributed by atoms with Crippen LogP contribution in [0.15, 0.2) is 12.5 Å². The molecule has 2 aromatic rings. The van der Waals surface area contributed by atoms with E-state index >= 15 is 0 Å². The van der Waals surface area contributed by atoms with E-state index in [0.29, 0.717) is 0 Å². The van der Waals surface area contributed by atoms with Crippen LogP contribution in [0.1, 0.15) is 31.0 Å². The lowest BCUT2D eigenvalue weighted by atomic mass is 9.96. The van der Waals surface area contributed by atoms with Gasteiger partial charge in [0.05, 0.1) is 12.5 Å². The van der Waals surface area contributed by atoms with Crippen molar-refractivity contribution in [1.29, 1.82) is 0 Å². The number of hydrogen-bond donors (Lipinski definition) is 1. The second-order valence-corrected chi connectivity index (χ2v) is 4.84. The van der Waals surface area contributed by atoms with Crippen molar-refractivity contribution in [3.8, 4) is 11.5 Å². The number of aryl methyl sites for hydroxylation is 2. The Morgan fingerprint density at radius 2 is 2.11 bits per heavy atom. The van der Waals surface area contributed by atoms with Crippen molar-refractivity contribution in [3.63, 3.8) is 0 Å². The number of hydrogen-bond acceptors (Lipinski definition) is 4. The van der Waals surface area contributed by atoms with E-state index in [1.54, 1.807) is 0 Å². The Balaban J connectivity index is 2.12. The predicted molar refractivity (Wildman–Crippen MR) is 75.1 cm³/mol. The fourth-order valence-corrected chi connectivity index (χ4v) is 2.67. The zero-order valence-electron chi connectivity index (χ0n) is 11.5. The topological polar surface area (TPSA) is 55.6 Å². The molecule has 0 unspecified atom stereocenters. The lowest BCUT2D eigenvalue weighted by Crippen LogP contribution is -2.12. The Labute approximate surface area is 113 Å². The molecule has 1 aliphatic rings. The molecule has 0 aromatic carbocycles. The van der Waals surface area contributed by atoms with E-state index in [4.69, 9.17) is 4.98 Å². The summed E-state index contributed by atoms with van der Waals surface area (Å²) in [6.07, 6.45) is 8.26. The van der Waals surface area contributed by atoms with Gasteiger partial charge in [-0.05, 0) is 32.6 Å². The van der Waals surface area contributed by atoms with Crippen LogP contribution in [0.4, 0.5) is 5.82 Å². The highest BCUT2D eigenvalue weighted by molar-refractivity contribution is 5.57. The number of nitrogens with zero attached hydrogens (tertiary/aromatic N) is 4. The molecule has 0 atom stereocenters. The minimum Gasteiger partial charge on any atom is -0.373 e. The highest BCUT2D eigenvalue weighted by Crippen LogP contribution is 2.28. The first-order valence-electron chi connectivity index (χ1n) is 6.91. The number of anilines is 1. The number of fused-ring (bicyclic) bond motifs is 1. The molecule has 0 fully saturated rings. The molecule has 2 aromatic heterocycles. The Hall–Kier alpha value is -1.91. The van der Waals surface area contributed by atoms with Crippen LogP contribution in [-0.2, 0) is 19.4 Å². The van der Waals surface area contributed by atoms with Crippen molar-refractivity contribution in [1.82, 2.24) is 19.5 Å². The molecule has 2 heterocycles. The van der Waals surface area contributed by atoms with Crippen molar-refractivity contribution < 1.29 is 0 Å². The summed E-state index contributed by atoms with van der Waals surface area (Å²) in [5, 5.41) is 3.21. The third-order valence-corrected chi connectivity index (χ3v) is 3.70. The van der Waals surface area contributed by atoms with Crippen LogP contribution in [0.5, 0.6) is 0 Å². The second kappa shape index (κ2) is 4.99. The van der Waals surface area contributed by atoms with Crippen molar-refractivity contribution in [2.75, 3.05) is 12.4 Å². The molecule has 0 spiro atoms. The molecule has 1 aliphatic carbocycles. The number of aromatic nitrogens is 4. The maximum absolute atomic E-state index is 4.76. The summed E-state index contributed by atoms with van der Waals surface area (Å²) in [4.78, 5) is 13.6. The number of nitrogens with one attached hydrogen (secondary N) is 1. The maximum atomic E-state index is 4.76. The van der Waals surface area contributed by atoms with Crippen molar-refractivity contribution in [3.05, 3.63) is 23.8 Å². The summed E-state index contributed by atoms with van der Waals surface area (Å²) in [7, 11) is 1.93. The molecule has 0 aliphatic heterocycles. The third kappa shape index (κ3) is 2.09. The predicted octanol–water partition coefficient (Wildman–Crippen LogP) is 2.28. The summed E-state index contributed by atoms with van der Waals surface area (Å²) < 4.78 is 2.07. The molecule has 0 saturated heterocycles. The zero-order valence-corrected chi connectivity index (χ0v) is 11.5. The first kappa shape index (κ1) is 12.1. The van der Waals surface area contributed by atoms with Gasteiger partial charge in [0.25, 0.3) is 0 Å². The average molecular weight is 257 g/mol. The molecule has 100 valence electrons. The molecule has 19 heavy (non-hydrogen) atoms. The zero-order chi connectivity index (χ0) is 13.2. The first-order valence-corrected chi connectivity index (χ1v) is 6.91. The van der Waals surface area contributed by atoms with E-state index in [9.17, 15) is 0 Å². The van der Waals surface area contributed by atoms with Crippen LogP contribution in [0.25, 0.3) is 11.5 Å². The molecule has 5 nitrogen and oxygen atoms in total. The van der Waals surface area contributed by atoms with Crippen LogP contribution in [0.3, 0.4) is 0 Å². The standard InChI is InChI=1S/C14H19N5/c1-3-19-9-16-8-12(19)14-17-11-7-5-4-6-10(11)13(15-2)18-14/h8-9H,3-7H2,1-2H3,(H,15,17,18). The summed E-state index contributed by atoms with van der Waals surface area (Å²) in [6.45, 7) is 2.98. The van der Waals surface area contributed by atoms with Gasteiger partial charge in [-0.1, -0.05) is 0 Å². The van der Waals surface area contributed by atoms with Crippen LogP contribution < -0.4 is 5.32 Å².